The van der Waals surface area contributed by atoms with Crippen molar-refractivity contribution >= 4 is 5.91 Å². The Morgan fingerprint density at radius 3 is 2.43 bits per heavy atom. The van der Waals surface area contributed by atoms with Gasteiger partial charge in [-0.15, -0.1) is 0 Å². The van der Waals surface area contributed by atoms with Crippen molar-refractivity contribution in [2.75, 3.05) is 19.6 Å². The Balaban J connectivity index is 1.96. The van der Waals surface area contributed by atoms with E-state index in [-0.39, 0.29) is 11.9 Å². The summed E-state index contributed by atoms with van der Waals surface area (Å²) in [7, 11) is 0. The molecule has 2 rings (SSSR count). The van der Waals surface area contributed by atoms with Gasteiger partial charge in [0.25, 0.3) is 0 Å². The summed E-state index contributed by atoms with van der Waals surface area (Å²) in [6.45, 7) is 9.39. The topological polar surface area (TPSA) is 32.3 Å². The number of nitrogens with zero attached hydrogens (tertiary/aromatic N) is 1. The Morgan fingerprint density at radius 1 is 1.24 bits per heavy atom. The first-order valence-electron chi connectivity index (χ1n) is 8.12. The fraction of sp³-hybridized carbons (Fsp3) is 0.611. The first-order valence-corrected chi connectivity index (χ1v) is 8.12. The van der Waals surface area contributed by atoms with E-state index in [4.69, 9.17) is 0 Å². The number of carbonyl (C=O) groups is 1. The van der Waals surface area contributed by atoms with Gasteiger partial charge in [-0.1, -0.05) is 29.8 Å². The molecule has 0 aromatic heterocycles. The van der Waals surface area contributed by atoms with Crippen LogP contribution in [0.1, 0.15) is 37.8 Å². The van der Waals surface area contributed by atoms with Crippen LogP contribution in [0.3, 0.4) is 0 Å². The monoisotopic (exact) mass is 288 g/mol. The molecule has 0 atom stereocenters. The van der Waals surface area contributed by atoms with E-state index in [1.165, 1.54) is 18.4 Å². The Morgan fingerprint density at radius 2 is 1.86 bits per heavy atom. The highest BCUT2D eigenvalue weighted by Crippen LogP contribution is 2.16. The number of nitrogens with one attached hydrogen (secondary N) is 1. The van der Waals surface area contributed by atoms with Crippen molar-refractivity contribution in [2.45, 2.75) is 46.1 Å². The highest BCUT2D eigenvalue weighted by molar-refractivity contribution is 5.79. The zero-order valence-corrected chi connectivity index (χ0v) is 13.6. The van der Waals surface area contributed by atoms with E-state index >= 15 is 0 Å². The van der Waals surface area contributed by atoms with Gasteiger partial charge in [0, 0.05) is 12.6 Å². The van der Waals surface area contributed by atoms with Crippen molar-refractivity contribution in [1.82, 2.24) is 10.2 Å². The number of carbonyl (C=O) groups excluding carboxylic acids is 1. The average Bonchev–Trinajstić information content (AvgIpc) is 2.48. The molecular weight excluding hydrogens is 260 g/mol. The molecule has 1 fully saturated rings. The van der Waals surface area contributed by atoms with Crippen LogP contribution in [0, 0.1) is 12.8 Å². The molecule has 1 aromatic carbocycles. The maximum absolute atomic E-state index is 12.6. The van der Waals surface area contributed by atoms with Crippen molar-refractivity contribution in [3.8, 4) is 0 Å². The predicted octanol–water partition coefficient (Wildman–Crippen LogP) is 2.77. The van der Waals surface area contributed by atoms with Crippen LogP contribution in [-0.2, 0) is 11.2 Å². The van der Waals surface area contributed by atoms with E-state index in [0.717, 1.165) is 25.2 Å². The lowest BCUT2D eigenvalue weighted by Gasteiger charge is -2.33. The number of piperidine rings is 1. The van der Waals surface area contributed by atoms with Gasteiger partial charge in [0.2, 0.25) is 5.91 Å². The maximum atomic E-state index is 12.6. The van der Waals surface area contributed by atoms with Crippen LogP contribution < -0.4 is 5.32 Å². The molecular formula is C18H28N2O. The Kier molecular flexibility index (Phi) is 5.80. The second-order valence-electron chi connectivity index (χ2n) is 6.50. The summed E-state index contributed by atoms with van der Waals surface area (Å²) in [5, 5.41) is 3.39. The summed E-state index contributed by atoms with van der Waals surface area (Å²) < 4.78 is 0. The molecule has 0 spiro atoms. The van der Waals surface area contributed by atoms with Crippen LogP contribution in [0.15, 0.2) is 24.3 Å². The van der Waals surface area contributed by atoms with Gasteiger partial charge in [0.1, 0.15) is 0 Å². The molecule has 1 heterocycles. The normalized spacial score (nSPS) is 16.2. The highest BCUT2D eigenvalue weighted by Gasteiger charge is 2.22. The highest BCUT2D eigenvalue weighted by atomic mass is 16.2. The van der Waals surface area contributed by atoms with Gasteiger partial charge in [0.15, 0.2) is 0 Å². The molecule has 3 nitrogen and oxygen atoms in total. The third-order valence-electron chi connectivity index (χ3n) is 4.33. The van der Waals surface area contributed by atoms with E-state index in [0.29, 0.717) is 12.3 Å². The van der Waals surface area contributed by atoms with Gasteiger partial charge in [0.05, 0.1) is 6.42 Å². The lowest BCUT2D eigenvalue weighted by Crippen LogP contribution is -2.43. The van der Waals surface area contributed by atoms with Crippen molar-refractivity contribution < 1.29 is 4.79 Å². The van der Waals surface area contributed by atoms with Crippen molar-refractivity contribution in [2.24, 2.45) is 5.92 Å². The SMILES string of the molecule is Cc1ccc(CC(=O)N(CC2CCNCC2)C(C)C)cc1. The molecule has 1 aromatic rings. The summed E-state index contributed by atoms with van der Waals surface area (Å²) in [6.07, 6.45) is 2.88. The van der Waals surface area contributed by atoms with Gasteiger partial charge in [-0.3, -0.25) is 4.79 Å². The molecule has 1 saturated heterocycles. The molecule has 0 radical (unpaired) electrons. The fourth-order valence-electron chi connectivity index (χ4n) is 2.93. The van der Waals surface area contributed by atoms with E-state index < -0.39 is 0 Å². The van der Waals surface area contributed by atoms with Gasteiger partial charge in [-0.05, 0) is 58.2 Å². The summed E-state index contributed by atoms with van der Waals surface area (Å²) >= 11 is 0. The Labute approximate surface area is 128 Å². The molecule has 0 saturated carbocycles. The fourth-order valence-corrected chi connectivity index (χ4v) is 2.93. The van der Waals surface area contributed by atoms with Gasteiger partial charge >= 0.3 is 0 Å². The zero-order valence-electron chi connectivity index (χ0n) is 13.6. The van der Waals surface area contributed by atoms with Gasteiger partial charge in [-0.25, -0.2) is 0 Å². The second kappa shape index (κ2) is 7.60. The van der Waals surface area contributed by atoms with Crippen LogP contribution in [0.4, 0.5) is 0 Å². The lowest BCUT2D eigenvalue weighted by atomic mass is 9.96. The quantitative estimate of drug-likeness (QED) is 0.903. The summed E-state index contributed by atoms with van der Waals surface area (Å²) in [5.41, 5.74) is 2.35. The van der Waals surface area contributed by atoms with Crippen molar-refractivity contribution in [1.29, 1.82) is 0 Å². The minimum Gasteiger partial charge on any atom is -0.340 e. The van der Waals surface area contributed by atoms with E-state index in [9.17, 15) is 4.79 Å². The molecule has 116 valence electrons. The van der Waals surface area contributed by atoms with Crippen LogP contribution >= 0.6 is 0 Å². The van der Waals surface area contributed by atoms with Crippen molar-refractivity contribution in [3.63, 3.8) is 0 Å². The molecule has 1 aliphatic rings. The summed E-state index contributed by atoms with van der Waals surface area (Å²) in [4.78, 5) is 14.7. The van der Waals surface area contributed by atoms with Crippen LogP contribution in [0.25, 0.3) is 0 Å². The first-order chi connectivity index (χ1) is 10.1. The zero-order chi connectivity index (χ0) is 15.2. The standard InChI is InChI=1S/C18H28N2O/c1-14(2)20(13-17-8-10-19-11-9-17)18(21)12-16-6-4-15(3)5-7-16/h4-7,14,17,19H,8-13H2,1-3H3. The molecule has 1 amide bonds. The van der Waals surface area contributed by atoms with Crippen LogP contribution in [0.2, 0.25) is 0 Å². The molecule has 0 aliphatic carbocycles. The molecule has 1 N–H and O–H groups in total. The van der Waals surface area contributed by atoms with Crippen molar-refractivity contribution in [3.05, 3.63) is 35.4 Å². The largest absolute Gasteiger partial charge is 0.340 e. The molecule has 3 heteroatoms. The minimum atomic E-state index is 0.257. The lowest BCUT2D eigenvalue weighted by molar-refractivity contribution is -0.133. The number of hydrogen-bond donors (Lipinski definition) is 1. The number of rotatable bonds is 5. The smallest absolute Gasteiger partial charge is 0.227 e. The van der Waals surface area contributed by atoms with Crippen LogP contribution in [-0.4, -0.2) is 36.5 Å². The number of benzene rings is 1. The van der Waals surface area contributed by atoms with E-state index in [1.807, 2.05) is 0 Å². The Bertz CT molecular complexity index is 447. The molecule has 0 unspecified atom stereocenters. The maximum Gasteiger partial charge on any atom is 0.227 e. The molecule has 0 bridgehead atoms. The number of amides is 1. The van der Waals surface area contributed by atoms with E-state index in [2.05, 4.69) is 55.3 Å². The minimum absolute atomic E-state index is 0.257. The summed E-state index contributed by atoms with van der Waals surface area (Å²) in [6, 6.07) is 8.56. The third kappa shape index (κ3) is 4.85. The summed E-state index contributed by atoms with van der Waals surface area (Å²) in [5.74, 6) is 0.906. The Hall–Kier alpha value is -1.35. The van der Waals surface area contributed by atoms with Crippen LogP contribution in [0.5, 0.6) is 0 Å². The first kappa shape index (κ1) is 16.0. The molecule has 21 heavy (non-hydrogen) atoms. The predicted molar refractivity (Wildman–Crippen MR) is 87.3 cm³/mol. The number of aryl methyl sites for hydroxylation is 1. The van der Waals surface area contributed by atoms with Gasteiger partial charge in [-0.2, -0.15) is 0 Å². The average molecular weight is 288 g/mol. The third-order valence-corrected chi connectivity index (χ3v) is 4.33. The second-order valence-corrected chi connectivity index (χ2v) is 6.50. The number of hydrogen-bond acceptors (Lipinski definition) is 2. The van der Waals surface area contributed by atoms with Gasteiger partial charge < -0.3 is 10.2 Å². The molecule has 1 aliphatic heterocycles. The van der Waals surface area contributed by atoms with E-state index in [1.54, 1.807) is 0 Å².